The molecule has 1 aliphatic heterocycles. The Morgan fingerprint density at radius 1 is 0.939 bits per heavy atom. The molecule has 7 heteroatoms. The van der Waals surface area contributed by atoms with Gasteiger partial charge in [0.15, 0.2) is 17.2 Å². The van der Waals surface area contributed by atoms with Gasteiger partial charge in [-0.3, -0.25) is 0 Å². The number of halogens is 1. The molecule has 33 heavy (non-hydrogen) atoms. The van der Waals surface area contributed by atoms with Crippen molar-refractivity contribution in [3.63, 3.8) is 0 Å². The maximum Gasteiger partial charge on any atom is 0.363 e. The van der Waals surface area contributed by atoms with Gasteiger partial charge >= 0.3 is 5.97 Å². The van der Waals surface area contributed by atoms with Crippen molar-refractivity contribution in [1.29, 1.82) is 0 Å². The fraction of sp³-hybridized carbons (Fsp3) is 0.154. The molecule has 0 amide bonds. The fourth-order valence-electron chi connectivity index (χ4n) is 3.29. The second kappa shape index (κ2) is 10.2. The molecular weight excluding hydrogens is 442 g/mol. The van der Waals surface area contributed by atoms with Crippen molar-refractivity contribution < 1.29 is 23.7 Å². The van der Waals surface area contributed by atoms with Crippen molar-refractivity contribution in [2.45, 2.75) is 6.92 Å². The highest BCUT2D eigenvalue weighted by molar-refractivity contribution is 6.30. The van der Waals surface area contributed by atoms with Gasteiger partial charge in [-0.1, -0.05) is 41.9 Å². The number of para-hydroxylation sites is 2. The van der Waals surface area contributed by atoms with Crippen molar-refractivity contribution in [3.8, 4) is 17.2 Å². The molecule has 0 aromatic heterocycles. The summed E-state index contributed by atoms with van der Waals surface area (Å²) in [6.45, 7) is 2.51. The molecule has 0 bridgehead atoms. The summed E-state index contributed by atoms with van der Waals surface area (Å²) in [7, 11) is 1.59. The third-order valence-corrected chi connectivity index (χ3v) is 5.16. The summed E-state index contributed by atoms with van der Waals surface area (Å²) >= 11 is 6.18. The number of esters is 1. The van der Waals surface area contributed by atoms with Crippen LogP contribution in [0.4, 0.5) is 0 Å². The summed E-state index contributed by atoms with van der Waals surface area (Å²) in [6.07, 6.45) is 1.61. The van der Waals surface area contributed by atoms with E-state index < -0.39 is 5.97 Å². The van der Waals surface area contributed by atoms with E-state index in [0.29, 0.717) is 34.4 Å². The first kappa shape index (κ1) is 22.4. The lowest BCUT2D eigenvalue weighted by atomic mass is 10.1. The van der Waals surface area contributed by atoms with Crippen LogP contribution in [0, 0.1) is 6.92 Å². The Kier molecular flexibility index (Phi) is 6.95. The molecule has 0 saturated heterocycles. The van der Waals surface area contributed by atoms with Crippen LogP contribution >= 0.6 is 11.6 Å². The van der Waals surface area contributed by atoms with Crippen LogP contribution < -0.4 is 14.2 Å². The topological polar surface area (TPSA) is 66.3 Å². The third kappa shape index (κ3) is 5.35. The number of ether oxygens (including phenoxy) is 4. The Hall–Kier alpha value is -3.77. The van der Waals surface area contributed by atoms with Gasteiger partial charge in [0.25, 0.3) is 0 Å². The summed E-state index contributed by atoms with van der Waals surface area (Å²) in [6, 6.07) is 20.1. The molecule has 0 spiro atoms. The molecule has 4 rings (SSSR count). The van der Waals surface area contributed by atoms with Crippen molar-refractivity contribution in [2.24, 2.45) is 4.99 Å². The van der Waals surface area contributed by atoms with Gasteiger partial charge in [-0.25, -0.2) is 9.79 Å². The normalized spacial score (nSPS) is 14.1. The predicted octanol–water partition coefficient (Wildman–Crippen LogP) is 5.46. The number of hydrogen-bond donors (Lipinski definition) is 0. The zero-order chi connectivity index (χ0) is 23.2. The molecule has 0 aliphatic carbocycles. The van der Waals surface area contributed by atoms with Gasteiger partial charge in [0, 0.05) is 16.1 Å². The van der Waals surface area contributed by atoms with Crippen molar-refractivity contribution in [3.05, 3.63) is 94.1 Å². The van der Waals surface area contributed by atoms with Crippen molar-refractivity contribution in [1.82, 2.24) is 0 Å². The van der Waals surface area contributed by atoms with E-state index in [1.165, 1.54) is 0 Å². The number of nitrogens with zero attached hydrogens (tertiary/aromatic N) is 1. The molecule has 0 unspecified atom stereocenters. The van der Waals surface area contributed by atoms with Crippen molar-refractivity contribution in [2.75, 3.05) is 20.3 Å². The number of benzene rings is 3. The van der Waals surface area contributed by atoms with Gasteiger partial charge in [0.2, 0.25) is 5.90 Å². The minimum absolute atomic E-state index is 0.172. The molecule has 168 valence electrons. The Bertz CT molecular complexity index is 1230. The van der Waals surface area contributed by atoms with E-state index in [4.69, 9.17) is 30.5 Å². The molecule has 0 saturated carbocycles. The van der Waals surface area contributed by atoms with E-state index in [-0.39, 0.29) is 18.2 Å². The van der Waals surface area contributed by atoms with Crippen LogP contribution in [0.5, 0.6) is 17.2 Å². The number of aryl methyl sites for hydroxylation is 1. The quantitative estimate of drug-likeness (QED) is 0.252. The van der Waals surface area contributed by atoms with Gasteiger partial charge in [-0.05, 0) is 55.0 Å². The highest BCUT2D eigenvalue weighted by atomic mass is 35.5. The summed E-state index contributed by atoms with van der Waals surface area (Å²) in [5.41, 5.74) is 2.52. The van der Waals surface area contributed by atoms with E-state index in [1.807, 2.05) is 55.5 Å². The second-order valence-electron chi connectivity index (χ2n) is 7.18. The van der Waals surface area contributed by atoms with Gasteiger partial charge in [0.1, 0.15) is 19.0 Å². The first-order chi connectivity index (χ1) is 16.0. The molecule has 0 fully saturated rings. The number of rotatable bonds is 8. The average molecular weight is 464 g/mol. The van der Waals surface area contributed by atoms with Gasteiger partial charge < -0.3 is 18.9 Å². The average Bonchev–Trinajstić information content (AvgIpc) is 3.18. The molecule has 3 aromatic rings. The zero-order valence-corrected chi connectivity index (χ0v) is 19.0. The van der Waals surface area contributed by atoms with Crippen LogP contribution in [-0.2, 0) is 9.53 Å². The molecule has 3 aromatic carbocycles. The van der Waals surface area contributed by atoms with Gasteiger partial charge in [0.05, 0.1) is 7.11 Å². The van der Waals surface area contributed by atoms with Crippen LogP contribution in [-0.4, -0.2) is 32.2 Å². The van der Waals surface area contributed by atoms with Crippen LogP contribution in [0.15, 0.2) is 77.4 Å². The second-order valence-corrected chi connectivity index (χ2v) is 7.62. The molecule has 1 heterocycles. The van der Waals surface area contributed by atoms with E-state index >= 15 is 0 Å². The highest BCUT2D eigenvalue weighted by Gasteiger charge is 2.25. The number of hydrogen-bond acceptors (Lipinski definition) is 6. The first-order valence-electron chi connectivity index (χ1n) is 10.3. The molecule has 0 atom stereocenters. The zero-order valence-electron chi connectivity index (χ0n) is 18.2. The number of cyclic esters (lactones) is 1. The Labute approximate surface area is 197 Å². The van der Waals surface area contributed by atoms with Crippen LogP contribution in [0.2, 0.25) is 5.02 Å². The SMILES string of the molecule is COc1ccccc1OCCOc1ccc(Cl)cc1C=C1N=C(c2ccccc2C)OC1=O. The third-order valence-electron chi connectivity index (χ3n) is 4.93. The summed E-state index contributed by atoms with van der Waals surface area (Å²) in [4.78, 5) is 16.8. The van der Waals surface area contributed by atoms with Crippen molar-refractivity contribution >= 4 is 29.5 Å². The molecule has 6 nitrogen and oxygen atoms in total. The monoisotopic (exact) mass is 463 g/mol. The van der Waals surface area contributed by atoms with Crippen LogP contribution in [0.25, 0.3) is 6.08 Å². The Balaban J connectivity index is 1.49. The number of methoxy groups -OCH3 is 1. The summed E-state index contributed by atoms with van der Waals surface area (Å²) in [5.74, 6) is 1.57. The van der Waals surface area contributed by atoms with E-state index in [9.17, 15) is 4.79 Å². The molecular formula is C26H22ClNO5. The van der Waals surface area contributed by atoms with Crippen LogP contribution in [0.3, 0.4) is 0 Å². The number of aliphatic imine (C=N–C) groups is 1. The minimum Gasteiger partial charge on any atom is -0.493 e. The molecule has 0 N–H and O–H groups in total. The van der Waals surface area contributed by atoms with Gasteiger partial charge in [-0.2, -0.15) is 0 Å². The maximum absolute atomic E-state index is 12.4. The smallest absolute Gasteiger partial charge is 0.363 e. The fourth-order valence-corrected chi connectivity index (χ4v) is 3.47. The summed E-state index contributed by atoms with van der Waals surface area (Å²) < 4.78 is 22.3. The Morgan fingerprint density at radius 2 is 1.64 bits per heavy atom. The largest absolute Gasteiger partial charge is 0.493 e. The molecule has 0 radical (unpaired) electrons. The minimum atomic E-state index is -0.529. The summed E-state index contributed by atoms with van der Waals surface area (Å²) in [5, 5.41) is 0.508. The predicted molar refractivity (Wildman–Crippen MR) is 127 cm³/mol. The van der Waals surface area contributed by atoms with E-state index in [1.54, 1.807) is 31.4 Å². The first-order valence-corrected chi connectivity index (χ1v) is 10.7. The lowest BCUT2D eigenvalue weighted by molar-refractivity contribution is -0.129. The lowest BCUT2D eigenvalue weighted by Crippen LogP contribution is -2.10. The highest BCUT2D eigenvalue weighted by Crippen LogP contribution is 2.29. The standard InChI is InChI=1S/C26H22ClNO5/c1-17-7-3-4-8-20(17)25-28-21(26(29)33-25)16-18-15-19(27)11-12-22(18)31-13-14-32-24-10-6-5-9-23(24)30-2/h3-12,15-16H,13-14H2,1-2H3. The molecule has 1 aliphatic rings. The van der Waals surface area contributed by atoms with Crippen LogP contribution in [0.1, 0.15) is 16.7 Å². The van der Waals surface area contributed by atoms with Gasteiger partial charge in [-0.15, -0.1) is 0 Å². The maximum atomic E-state index is 12.4. The number of carbonyl (C=O) groups excluding carboxylic acids is 1. The van der Waals surface area contributed by atoms with E-state index in [2.05, 4.69) is 4.99 Å². The Morgan fingerprint density at radius 3 is 2.39 bits per heavy atom. The number of carbonyl (C=O) groups is 1. The van der Waals surface area contributed by atoms with E-state index in [0.717, 1.165) is 11.1 Å². The lowest BCUT2D eigenvalue weighted by Gasteiger charge is -2.12.